The highest BCUT2D eigenvalue weighted by Crippen LogP contribution is 2.24. The van der Waals surface area contributed by atoms with Gasteiger partial charge in [-0.3, -0.25) is 19.6 Å². The first kappa shape index (κ1) is 15.9. The molecule has 0 bridgehead atoms. The number of carbonyl (C=O) groups excluding carboxylic acids is 1. The van der Waals surface area contributed by atoms with Crippen LogP contribution in [-0.2, 0) is 11.3 Å². The number of ether oxygens (including phenoxy) is 1. The number of hydrogen-bond donors (Lipinski definition) is 1. The second-order valence-electron chi connectivity index (χ2n) is 4.20. The van der Waals surface area contributed by atoms with Gasteiger partial charge in [0.1, 0.15) is 12.0 Å². The molecule has 2 rings (SSSR count). The molecule has 2 heterocycles. The highest BCUT2D eigenvalue weighted by Gasteiger charge is 2.20. The number of anilines is 1. The third-order valence-corrected chi connectivity index (χ3v) is 3.13. The topological polar surface area (TPSA) is 112 Å². The quantitative estimate of drug-likeness (QED) is 0.615. The predicted octanol–water partition coefficient (Wildman–Crippen LogP) is 1.99. The van der Waals surface area contributed by atoms with Gasteiger partial charge in [0, 0.05) is 17.1 Å². The van der Waals surface area contributed by atoms with Crippen molar-refractivity contribution in [2.24, 2.45) is 0 Å². The molecule has 0 unspecified atom stereocenters. The lowest BCUT2D eigenvalue weighted by molar-refractivity contribution is -0.385. The van der Waals surface area contributed by atoms with Gasteiger partial charge >= 0.3 is 11.6 Å². The Kier molecular flexibility index (Phi) is 5.04. The minimum atomic E-state index is -0.589. The maximum atomic E-state index is 11.8. The van der Waals surface area contributed by atoms with Crippen molar-refractivity contribution in [2.45, 2.75) is 13.0 Å². The molecule has 0 saturated carbocycles. The molecule has 0 fully saturated rings. The van der Waals surface area contributed by atoms with Crippen LogP contribution in [0.4, 0.5) is 11.5 Å². The Morgan fingerprint density at radius 3 is 2.86 bits per heavy atom. The number of rotatable bonds is 6. The number of hydrogen-bond acceptors (Lipinski definition) is 6. The SMILES string of the molecule is COc1nn(CCC(=O)Nc2ccc(Br)cn2)cc1[N+](=O)[O-]. The maximum absolute atomic E-state index is 11.8. The van der Waals surface area contributed by atoms with Crippen LogP contribution in [0.3, 0.4) is 0 Å². The van der Waals surface area contributed by atoms with Crippen LogP contribution < -0.4 is 10.1 Å². The van der Waals surface area contributed by atoms with E-state index in [9.17, 15) is 14.9 Å². The van der Waals surface area contributed by atoms with Gasteiger partial charge in [-0.05, 0) is 28.1 Å². The summed E-state index contributed by atoms with van der Waals surface area (Å²) in [5, 5.41) is 17.3. The minimum absolute atomic E-state index is 0.0833. The van der Waals surface area contributed by atoms with E-state index in [0.717, 1.165) is 4.47 Å². The van der Waals surface area contributed by atoms with Crippen LogP contribution in [0.15, 0.2) is 29.0 Å². The van der Waals surface area contributed by atoms with Crippen LogP contribution in [0, 0.1) is 10.1 Å². The van der Waals surface area contributed by atoms with Crippen LogP contribution in [0.25, 0.3) is 0 Å². The van der Waals surface area contributed by atoms with Gasteiger partial charge in [0.25, 0.3) is 0 Å². The molecule has 0 aliphatic carbocycles. The van der Waals surface area contributed by atoms with E-state index in [1.807, 2.05) is 0 Å². The van der Waals surface area contributed by atoms with E-state index in [0.29, 0.717) is 5.82 Å². The van der Waals surface area contributed by atoms with Crippen LogP contribution in [-0.4, -0.2) is 32.7 Å². The van der Waals surface area contributed by atoms with Gasteiger partial charge in [0.2, 0.25) is 5.91 Å². The van der Waals surface area contributed by atoms with Crippen LogP contribution in [0.5, 0.6) is 5.88 Å². The molecule has 0 aromatic carbocycles. The third-order valence-electron chi connectivity index (χ3n) is 2.66. The number of aromatic nitrogens is 3. The van der Waals surface area contributed by atoms with E-state index in [1.165, 1.54) is 18.0 Å². The normalized spacial score (nSPS) is 10.3. The molecule has 116 valence electrons. The smallest absolute Gasteiger partial charge is 0.350 e. The Labute approximate surface area is 133 Å². The number of nitro groups is 1. The predicted molar refractivity (Wildman–Crippen MR) is 80.6 cm³/mol. The number of carbonyl (C=O) groups is 1. The molecule has 0 radical (unpaired) electrons. The Balaban J connectivity index is 1.93. The maximum Gasteiger partial charge on any atom is 0.350 e. The summed E-state index contributed by atoms with van der Waals surface area (Å²) in [5.41, 5.74) is -0.238. The van der Waals surface area contributed by atoms with Gasteiger partial charge in [-0.1, -0.05) is 0 Å². The molecule has 0 saturated heterocycles. The molecule has 1 amide bonds. The van der Waals surface area contributed by atoms with E-state index >= 15 is 0 Å². The fraction of sp³-hybridized carbons (Fsp3) is 0.250. The van der Waals surface area contributed by atoms with E-state index in [2.05, 4.69) is 31.3 Å². The van der Waals surface area contributed by atoms with Gasteiger partial charge in [-0.25, -0.2) is 4.98 Å². The molecule has 10 heteroatoms. The number of methoxy groups -OCH3 is 1. The number of nitrogens with zero attached hydrogens (tertiary/aromatic N) is 4. The van der Waals surface area contributed by atoms with Crippen LogP contribution in [0.1, 0.15) is 6.42 Å². The summed E-state index contributed by atoms with van der Waals surface area (Å²) in [6, 6.07) is 3.41. The van der Waals surface area contributed by atoms with Crippen molar-refractivity contribution in [1.29, 1.82) is 0 Å². The van der Waals surface area contributed by atoms with E-state index < -0.39 is 4.92 Å². The molecule has 22 heavy (non-hydrogen) atoms. The van der Waals surface area contributed by atoms with E-state index in [1.54, 1.807) is 18.3 Å². The van der Waals surface area contributed by atoms with Crippen molar-refractivity contribution in [1.82, 2.24) is 14.8 Å². The van der Waals surface area contributed by atoms with Crippen molar-refractivity contribution in [2.75, 3.05) is 12.4 Å². The lowest BCUT2D eigenvalue weighted by Crippen LogP contribution is -2.15. The zero-order chi connectivity index (χ0) is 16.1. The Hall–Kier alpha value is -2.49. The average molecular weight is 370 g/mol. The zero-order valence-electron chi connectivity index (χ0n) is 11.5. The lowest BCUT2D eigenvalue weighted by atomic mass is 10.4. The summed E-state index contributed by atoms with van der Waals surface area (Å²) in [6.07, 6.45) is 2.89. The second-order valence-corrected chi connectivity index (χ2v) is 5.12. The van der Waals surface area contributed by atoms with Crippen molar-refractivity contribution in [3.05, 3.63) is 39.1 Å². The van der Waals surface area contributed by atoms with Gasteiger partial charge in [0.15, 0.2) is 0 Å². The molecule has 0 atom stereocenters. The highest BCUT2D eigenvalue weighted by atomic mass is 79.9. The molecule has 0 aliphatic heterocycles. The first-order valence-electron chi connectivity index (χ1n) is 6.17. The average Bonchev–Trinajstić information content (AvgIpc) is 2.91. The summed E-state index contributed by atoms with van der Waals surface area (Å²) in [4.78, 5) is 26.0. The first-order valence-corrected chi connectivity index (χ1v) is 6.96. The van der Waals surface area contributed by atoms with E-state index in [-0.39, 0.29) is 30.4 Å². The highest BCUT2D eigenvalue weighted by molar-refractivity contribution is 9.10. The molecule has 2 aromatic heterocycles. The Morgan fingerprint density at radius 1 is 1.55 bits per heavy atom. The van der Waals surface area contributed by atoms with Crippen LogP contribution >= 0.6 is 15.9 Å². The summed E-state index contributed by atoms with van der Waals surface area (Å²) in [6.45, 7) is 0.187. The summed E-state index contributed by atoms with van der Waals surface area (Å²) < 4.78 is 6.92. The number of halogens is 1. The standard InChI is InChI=1S/C12H12BrN5O4/c1-22-12-9(18(20)21)7-17(16-12)5-4-11(19)15-10-3-2-8(13)6-14-10/h2-3,6-7H,4-5H2,1H3,(H,14,15,19). The molecular weight excluding hydrogens is 358 g/mol. The third kappa shape index (κ3) is 4.01. The molecule has 0 aliphatic rings. The second kappa shape index (κ2) is 6.98. The molecular formula is C12H12BrN5O4. The fourth-order valence-corrected chi connectivity index (χ4v) is 1.88. The van der Waals surface area contributed by atoms with Crippen LogP contribution in [0.2, 0.25) is 0 Å². The molecule has 1 N–H and O–H groups in total. The van der Waals surface area contributed by atoms with Gasteiger partial charge in [-0.15, -0.1) is 5.10 Å². The van der Waals surface area contributed by atoms with Gasteiger partial charge < -0.3 is 10.1 Å². The minimum Gasteiger partial charge on any atom is -0.475 e. The Bertz CT molecular complexity index is 685. The van der Waals surface area contributed by atoms with Crippen molar-refractivity contribution in [3.63, 3.8) is 0 Å². The summed E-state index contributed by atoms with van der Waals surface area (Å²) in [5.74, 6) is 0.0733. The summed E-state index contributed by atoms with van der Waals surface area (Å²) in [7, 11) is 1.30. The number of nitrogens with one attached hydrogen (secondary N) is 1. The number of aryl methyl sites for hydroxylation is 1. The molecule has 2 aromatic rings. The number of pyridine rings is 1. The van der Waals surface area contributed by atoms with Gasteiger partial charge in [-0.2, -0.15) is 0 Å². The van der Waals surface area contributed by atoms with E-state index in [4.69, 9.17) is 4.74 Å². The van der Waals surface area contributed by atoms with Crippen molar-refractivity contribution < 1.29 is 14.5 Å². The van der Waals surface area contributed by atoms with Gasteiger partial charge in [0.05, 0.1) is 18.6 Å². The first-order chi connectivity index (χ1) is 10.5. The molecule has 0 spiro atoms. The Morgan fingerprint density at radius 2 is 2.32 bits per heavy atom. The molecule has 9 nitrogen and oxygen atoms in total. The largest absolute Gasteiger partial charge is 0.475 e. The monoisotopic (exact) mass is 369 g/mol. The zero-order valence-corrected chi connectivity index (χ0v) is 13.1. The summed E-state index contributed by atoms with van der Waals surface area (Å²) >= 11 is 3.25. The van der Waals surface area contributed by atoms with Crippen molar-refractivity contribution >= 4 is 33.3 Å². The van der Waals surface area contributed by atoms with Crippen molar-refractivity contribution in [3.8, 4) is 5.88 Å². The lowest BCUT2D eigenvalue weighted by Gasteiger charge is -2.04. The number of amides is 1. The fourth-order valence-electron chi connectivity index (χ4n) is 1.65.